The van der Waals surface area contributed by atoms with Crippen LogP contribution in [0.5, 0.6) is 5.75 Å². The molecule has 1 saturated heterocycles. The smallest absolute Gasteiger partial charge is 0.206 e. The first-order valence-corrected chi connectivity index (χ1v) is 9.71. The Labute approximate surface area is 148 Å². The Hall–Kier alpha value is -1.57. The summed E-state index contributed by atoms with van der Waals surface area (Å²) in [5, 5.41) is 9.64. The molecule has 0 aromatic heterocycles. The van der Waals surface area contributed by atoms with Crippen LogP contribution in [0.2, 0.25) is 0 Å². The van der Waals surface area contributed by atoms with Gasteiger partial charge < -0.3 is 14.2 Å². The number of hydrogen-bond acceptors (Lipinski definition) is 4. The molecule has 4 heteroatoms. The van der Waals surface area contributed by atoms with Crippen LogP contribution in [-0.2, 0) is 21.3 Å². The Morgan fingerprint density at radius 3 is 2.80 bits per heavy atom. The third kappa shape index (κ3) is 1.52. The zero-order valence-electron chi connectivity index (χ0n) is 14.6. The summed E-state index contributed by atoms with van der Waals surface area (Å²) in [7, 11) is 0. The van der Waals surface area contributed by atoms with Crippen molar-refractivity contribution < 1.29 is 14.2 Å². The summed E-state index contributed by atoms with van der Waals surface area (Å²) in [4.78, 5) is 0. The van der Waals surface area contributed by atoms with Crippen molar-refractivity contribution in [3.63, 3.8) is 0 Å². The second-order valence-electron chi connectivity index (χ2n) is 8.66. The molecule has 25 heavy (non-hydrogen) atoms. The summed E-state index contributed by atoms with van der Waals surface area (Å²) in [5.74, 6) is 2.32. The van der Waals surface area contributed by atoms with Crippen LogP contribution < -0.4 is 4.74 Å². The average molecular weight is 337 g/mol. The van der Waals surface area contributed by atoms with E-state index in [4.69, 9.17) is 14.2 Å². The van der Waals surface area contributed by atoms with Crippen LogP contribution in [0.3, 0.4) is 0 Å². The van der Waals surface area contributed by atoms with E-state index in [-0.39, 0.29) is 11.5 Å². The van der Waals surface area contributed by atoms with Gasteiger partial charge in [-0.05, 0) is 55.1 Å². The van der Waals surface area contributed by atoms with E-state index < -0.39 is 5.79 Å². The zero-order valence-corrected chi connectivity index (χ0v) is 14.6. The molecule has 5 aliphatic rings. The molecule has 4 nitrogen and oxygen atoms in total. The molecule has 0 amide bonds. The van der Waals surface area contributed by atoms with E-state index in [0.29, 0.717) is 30.6 Å². The summed E-state index contributed by atoms with van der Waals surface area (Å²) < 4.78 is 19.0. The van der Waals surface area contributed by atoms with Gasteiger partial charge in [0.1, 0.15) is 11.8 Å². The van der Waals surface area contributed by atoms with Gasteiger partial charge in [-0.25, -0.2) is 0 Å². The fraction of sp³-hybridized carbons (Fsp3) is 0.667. The Balaban J connectivity index is 1.64. The van der Waals surface area contributed by atoms with Gasteiger partial charge >= 0.3 is 0 Å². The standard InChI is InChI=1S/C21H23NO3/c1-12-4-6-20-16-5-7-21(23-8-9-24-21)19(20)25-18-14(11-22)3-2-13(17(18)20)10-15(12)16/h2-3,12,15-16,19H,4-10H2,1H3/t12?,15-,16-,19+,20-/m0/s1. The van der Waals surface area contributed by atoms with Crippen LogP contribution in [-0.4, -0.2) is 25.1 Å². The minimum Gasteiger partial charge on any atom is -0.482 e. The second kappa shape index (κ2) is 4.58. The number of hydrogen-bond donors (Lipinski definition) is 0. The molecule has 3 fully saturated rings. The molecule has 2 heterocycles. The van der Waals surface area contributed by atoms with Crippen LogP contribution in [0.4, 0.5) is 0 Å². The minimum absolute atomic E-state index is 0.0183. The van der Waals surface area contributed by atoms with Gasteiger partial charge in [0.15, 0.2) is 6.10 Å². The molecular weight excluding hydrogens is 314 g/mol. The van der Waals surface area contributed by atoms with Crippen molar-refractivity contribution in [1.29, 1.82) is 5.26 Å². The first-order valence-electron chi connectivity index (χ1n) is 9.71. The predicted molar refractivity (Wildman–Crippen MR) is 90.2 cm³/mol. The zero-order chi connectivity index (χ0) is 16.8. The van der Waals surface area contributed by atoms with Gasteiger partial charge in [0.25, 0.3) is 0 Å². The van der Waals surface area contributed by atoms with Gasteiger partial charge in [-0.15, -0.1) is 0 Å². The number of rotatable bonds is 0. The first kappa shape index (κ1) is 14.6. The van der Waals surface area contributed by atoms with E-state index in [1.54, 1.807) is 0 Å². The summed E-state index contributed by atoms with van der Waals surface area (Å²) in [6.45, 7) is 3.72. The Morgan fingerprint density at radius 2 is 2.00 bits per heavy atom. The molecular formula is C21H23NO3. The highest BCUT2D eigenvalue weighted by Gasteiger charge is 2.71. The molecule has 6 rings (SSSR count). The maximum absolute atomic E-state index is 9.64. The van der Waals surface area contributed by atoms with Crippen molar-refractivity contribution in [1.82, 2.24) is 0 Å². The molecule has 2 spiro atoms. The molecule has 3 aliphatic carbocycles. The van der Waals surface area contributed by atoms with E-state index in [0.717, 1.165) is 37.4 Å². The van der Waals surface area contributed by atoms with Gasteiger partial charge in [0, 0.05) is 17.4 Å². The third-order valence-corrected chi connectivity index (χ3v) is 7.89. The van der Waals surface area contributed by atoms with Crippen molar-refractivity contribution in [2.45, 2.75) is 56.3 Å². The Morgan fingerprint density at radius 1 is 1.16 bits per heavy atom. The lowest BCUT2D eigenvalue weighted by Crippen LogP contribution is -2.66. The van der Waals surface area contributed by atoms with Crippen LogP contribution in [0.15, 0.2) is 12.1 Å². The molecule has 1 unspecified atom stereocenters. The monoisotopic (exact) mass is 337 g/mol. The molecule has 2 bridgehead atoms. The molecule has 130 valence electrons. The van der Waals surface area contributed by atoms with Crippen molar-refractivity contribution >= 4 is 0 Å². The van der Waals surface area contributed by atoms with Crippen molar-refractivity contribution in [3.8, 4) is 11.8 Å². The van der Waals surface area contributed by atoms with Crippen molar-refractivity contribution in [2.75, 3.05) is 13.2 Å². The van der Waals surface area contributed by atoms with E-state index in [1.807, 2.05) is 6.07 Å². The van der Waals surface area contributed by atoms with Crippen LogP contribution >= 0.6 is 0 Å². The minimum atomic E-state index is -0.609. The predicted octanol–water partition coefficient (Wildman–Crippen LogP) is 3.31. The largest absolute Gasteiger partial charge is 0.482 e. The normalized spacial score (nSPS) is 41.9. The van der Waals surface area contributed by atoms with E-state index >= 15 is 0 Å². The van der Waals surface area contributed by atoms with Gasteiger partial charge in [0.2, 0.25) is 5.79 Å². The number of nitriles is 1. The Bertz CT molecular complexity index is 806. The number of fused-ring (bicyclic) bond motifs is 1. The highest BCUT2D eigenvalue weighted by molar-refractivity contribution is 5.61. The molecule has 2 aliphatic heterocycles. The lowest BCUT2D eigenvalue weighted by molar-refractivity contribution is -0.261. The van der Waals surface area contributed by atoms with Gasteiger partial charge in [0.05, 0.1) is 18.8 Å². The fourth-order valence-electron chi connectivity index (χ4n) is 6.95. The van der Waals surface area contributed by atoms with Gasteiger partial charge in [-0.2, -0.15) is 5.26 Å². The molecule has 5 atom stereocenters. The van der Waals surface area contributed by atoms with Crippen LogP contribution in [0.1, 0.15) is 49.3 Å². The second-order valence-corrected chi connectivity index (χ2v) is 8.66. The Kier molecular flexibility index (Phi) is 2.67. The lowest BCUT2D eigenvalue weighted by atomic mass is 9.45. The number of ether oxygens (including phenoxy) is 3. The summed E-state index contributed by atoms with van der Waals surface area (Å²) in [6, 6.07) is 6.49. The highest BCUT2D eigenvalue weighted by atomic mass is 16.8. The summed E-state index contributed by atoms with van der Waals surface area (Å²) in [6.07, 6.45) is 5.45. The number of benzene rings is 1. The van der Waals surface area contributed by atoms with Crippen LogP contribution in [0, 0.1) is 29.1 Å². The summed E-state index contributed by atoms with van der Waals surface area (Å²) in [5.41, 5.74) is 3.39. The van der Waals surface area contributed by atoms with Gasteiger partial charge in [-0.3, -0.25) is 0 Å². The maximum atomic E-state index is 9.64. The molecule has 0 radical (unpaired) electrons. The van der Waals surface area contributed by atoms with E-state index in [2.05, 4.69) is 19.1 Å². The average Bonchev–Trinajstić information content (AvgIpc) is 3.23. The molecule has 1 aromatic carbocycles. The molecule has 1 aromatic rings. The van der Waals surface area contributed by atoms with E-state index in [9.17, 15) is 5.26 Å². The van der Waals surface area contributed by atoms with Crippen molar-refractivity contribution in [3.05, 3.63) is 28.8 Å². The highest BCUT2D eigenvalue weighted by Crippen LogP contribution is 2.68. The SMILES string of the molecule is CC1CC[C@]23c4c5ccc(C#N)c4O[C@H]2C2(CC[C@H]3[C@H]1C5)OCCO2. The quantitative estimate of drug-likeness (QED) is 0.729. The molecule has 0 N–H and O–H groups in total. The lowest BCUT2D eigenvalue weighted by Gasteiger charge is -2.59. The van der Waals surface area contributed by atoms with Gasteiger partial charge in [-0.1, -0.05) is 13.0 Å². The van der Waals surface area contributed by atoms with Crippen LogP contribution in [0.25, 0.3) is 0 Å². The fourth-order valence-corrected chi connectivity index (χ4v) is 6.95. The van der Waals surface area contributed by atoms with E-state index in [1.165, 1.54) is 17.5 Å². The summed E-state index contributed by atoms with van der Waals surface area (Å²) >= 11 is 0. The third-order valence-electron chi connectivity index (χ3n) is 7.89. The molecule has 2 saturated carbocycles. The first-order chi connectivity index (χ1) is 12.2. The topological polar surface area (TPSA) is 51.5 Å². The van der Waals surface area contributed by atoms with Crippen molar-refractivity contribution in [2.24, 2.45) is 17.8 Å². The number of nitrogens with zero attached hydrogens (tertiary/aromatic N) is 1. The maximum Gasteiger partial charge on any atom is 0.206 e.